The number of benzene rings is 2. The summed E-state index contributed by atoms with van der Waals surface area (Å²) >= 11 is 0. The molecule has 0 aliphatic heterocycles. The number of hydrogen-bond donors (Lipinski definition) is 5. The second-order valence-corrected chi connectivity index (χ2v) is 11.2. The summed E-state index contributed by atoms with van der Waals surface area (Å²) in [6.07, 6.45) is -2.20. The van der Waals surface area contributed by atoms with E-state index in [1.807, 2.05) is 68.7 Å². The summed E-state index contributed by atoms with van der Waals surface area (Å²) in [5.41, 5.74) is 5.69. The summed E-state index contributed by atoms with van der Waals surface area (Å²) in [7, 11) is 0. The standard InChI is InChI=1S/C33H39FN4O5.Na.H/c1-19(2)38-28(15-14-25(39)17-26(40)18-29(41)42)30(23-10-12-24(34)13-11-23)31(22-8-6-5-7-9-22)32(38)33(43)35-21(4)27-16-20(3)36-37-27;;/h5-13,16,19,21,25-26,39-40H,14-15,17-18H2,1-4H3,(H,35,43)(H,36,37)(H,41,42);;/q;+1;-1/t21?,25-,26-;;/m1../s1. The first kappa shape index (κ1) is 35.2. The average Bonchev–Trinajstić information content (AvgIpc) is 3.54. The monoisotopic (exact) mass is 614 g/mol. The molecule has 44 heavy (non-hydrogen) atoms. The van der Waals surface area contributed by atoms with Crippen molar-refractivity contribution >= 4 is 11.9 Å². The number of rotatable bonds is 13. The number of carbonyl (C=O) groups excluding carboxylic acids is 1. The molecule has 230 valence electrons. The minimum absolute atomic E-state index is 0. The molecule has 3 atom stereocenters. The van der Waals surface area contributed by atoms with Gasteiger partial charge >= 0.3 is 35.5 Å². The van der Waals surface area contributed by atoms with E-state index in [1.165, 1.54) is 12.1 Å². The Morgan fingerprint density at radius 1 is 1.00 bits per heavy atom. The maximum atomic E-state index is 14.2. The number of aliphatic hydroxyl groups is 2. The van der Waals surface area contributed by atoms with Gasteiger partial charge in [0.2, 0.25) is 0 Å². The van der Waals surface area contributed by atoms with Gasteiger partial charge < -0.3 is 26.6 Å². The number of aliphatic carboxylic acids is 1. The SMILES string of the molecule is Cc1cc(C(C)NC(=O)c2c(-c3ccccc3)c(-c3ccc(F)cc3)c(CC[C@@H](O)C[C@@H](O)CC(=O)O)n2C(C)C)n[nH]1.[H-].[Na+]. The molecule has 11 heteroatoms. The summed E-state index contributed by atoms with van der Waals surface area (Å²) in [4.78, 5) is 25.2. The summed E-state index contributed by atoms with van der Waals surface area (Å²) in [6.45, 7) is 7.69. The van der Waals surface area contributed by atoms with Gasteiger partial charge in [-0.15, -0.1) is 0 Å². The van der Waals surface area contributed by atoms with Gasteiger partial charge in [0.05, 0.1) is 30.4 Å². The van der Waals surface area contributed by atoms with E-state index in [-0.39, 0.29) is 55.8 Å². The largest absolute Gasteiger partial charge is 1.00 e. The number of halogens is 1. The van der Waals surface area contributed by atoms with Gasteiger partial charge in [-0.25, -0.2) is 4.39 Å². The molecule has 0 radical (unpaired) electrons. The number of carboxylic acid groups (broad SMARTS) is 1. The smallest absolute Gasteiger partial charge is 1.00 e. The van der Waals surface area contributed by atoms with Gasteiger partial charge in [0.15, 0.2) is 0 Å². The molecule has 2 aromatic heterocycles. The molecule has 2 heterocycles. The number of nitrogens with one attached hydrogen (secondary N) is 2. The Labute approximate surface area is 280 Å². The third-order valence-corrected chi connectivity index (χ3v) is 7.42. The van der Waals surface area contributed by atoms with Gasteiger partial charge in [0.25, 0.3) is 5.91 Å². The van der Waals surface area contributed by atoms with E-state index in [0.29, 0.717) is 28.9 Å². The van der Waals surface area contributed by atoms with Crippen molar-refractivity contribution < 1.29 is 60.3 Å². The van der Waals surface area contributed by atoms with Crippen LogP contribution in [0.2, 0.25) is 0 Å². The predicted octanol–water partition coefficient (Wildman–Crippen LogP) is 2.70. The zero-order chi connectivity index (χ0) is 31.3. The molecule has 0 saturated heterocycles. The zero-order valence-electron chi connectivity index (χ0n) is 26.8. The van der Waals surface area contributed by atoms with Crippen LogP contribution in [0.3, 0.4) is 0 Å². The van der Waals surface area contributed by atoms with Crippen molar-refractivity contribution in [1.29, 1.82) is 0 Å². The number of H-pyrrole nitrogens is 1. The second kappa shape index (κ2) is 15.6. The minimum atomic E-state index is -1.19. The van der Waals surface area contributed by atoms with Crippen molar-refractivity contribution in [1.82, 2.24) is 20.1 Å². The van der Waals surface area contributed by atoms with Crippen LogP contribution in [0.4, 0.5) is 4.39 Å². The number of aromatic amines is 1. The van der Waals surface area contributed by atoms with Crippen molar-refractivity contribution in [3.63, 3.8) is 0 Å². The van der Waals surface area contributed by atoms with E-state index in [1.54, 1.807) is 12.1 Å². The van der Waals surface area contributed by atoms with Gasteiger partial charge in [0.1, 0.15) is 11.5 Å². The molecule has 4 aromatic rings. The number of carboxylic acids is 1. The second-order valence-electron chi connectivity index (χ2n) is 11.2. The maximum Gasteiger partial charge on any atom is 1.00 e. The normalized spacial score (nSPS) is 13.3. The Morgan fingerprint density at radius 2 is 1.64 bits per heavy atom. The van der Waals surface area contributed by atoms with E-state index in [9.17, 15) is 24.2 Å². The van der Waals surface area contributed by atoms with Gasteiger partial charge in [-0.1, -0.05) is 42.5 Å². The van der Waals surface area contributed by atoms with Crippen molar-refractivity contribution in [3.05, 3.63) is 89.3 Å². The molecule has 1 unspecified atom stereocenters. The van der Waals surface area contributed by atoms with Crippen LogP contribution in [-0.2, 0) is 11.2 Å². The Bertz CT molecular complexity index is 1560. The van der Waals surface area contributed by atoms with Crippen molar-refractivity contribution in [3.8, 4) is 22.3 Å². The Balaban J connectivity index is 0.00000353. The van der Waals surface area contributed by atoms with E-state index < -0.39 is 36.5 Å². The van der Waals surface area contributed by atoms with Crippen LogP contribution in [0.1, 0.15) is 81.1 Å². The molecule has 0 bridgehead atoms. The molecule has 0 aliphatic carbocycles. The number of amides is 1. The minimum Gasteiger partial charge on any atom is -1.00 e. The molecule has 2 aromatic carbocycles. The fraction of sp³-hybridized carbons (Fsp3) is 0.364. The maximum absolute atomic E-state index is 14.2. The third-order valence-electron chi connectivity index (χ3n) is 7.42. The topological polar surface area (TPSA) is 140 Å². The van der Waals surface area contributed by atoms with Gasteiger partial charge in [-0.2, -0.15) is 5.10 Å². The van der Waals surface area contributed by atoms with Crippen LogP contribution < -0.4 is 34.9 Å². The molecule has 1 amide bonds. The van der Waals surface area contributed by atoms with E-state index in [2.05, 4.69) is 15.5 Å². The van der Waals surface area contributed by atoms with Crippen LogP contribution in [-0.4, -0.2) is 54.2 Å². The molecule has 9 nitrogen and oxygen atoms in total. The molecule has 0 aliphatic rings. The van der Waals surface area contributed by atoms with Crippen LogP contribution in [0.15, 0.2) is 60.7 Å². The molecule has 0 spiro atoms. The number of carbonyl (C=O) groups is 2. The molecular formula is C33H40FN4NaO5. The zero-order valence-corrected chi connectivity index (χ0v) is 27.8. The first-order valence-electron chi connectivity index (χ1n) is 14.4. The fourth-order valence-electron chi connectivity index (χ4n) is 5.51. The molecule has 0 fully saturated rings. The summed E-state index contributed by atoms with van der Waals surface area (Å²) < 4.78 is 16.0. The van der Waals surface area contributed by atoms with Crippen molar-refractivity contribution in [2.24, 2.45) is 0 Å². The number of hydrogen-bond acceptors (Lipinski definition) is 5. The number of aromatic nitrogens is 3. The Hall–Kier alpha value is -3.28. The number of nitrogens with zero attached hydrogens (tertiary/aromatic N) is 2. The third kappa shape index (κ3) is 8.46. The van der Waals surface area contributed by atoms with E-state index >= 15 is 0 Å². The Morgan fingerprint density at radius 3 is 2.20 bits per heavy atom. The molecular weight excluding hydrogens is 574 g/mol. The quantitative estimate of drug-likeness (QED) is 0.147. The van der Waals surface area contributed by atoms with Crippen molar-refractivity contribution in [2.45, 2.75) is 77.7 Å². The summed E-state index contributed by atoms with van der Waals surface area (Å²) in [5, 5.41) is 40.2. The first-order valence-corrected chi connectivity index (χ1v) is 14.4. The van der Waals surface area contributed by atoms with Crippen LogP contribution in [0.25, 0.3) is 22.3 Å². The number of aryl methyl sites for hydroxylation is 1. The van der Waals surface area contributed by atoms with E-state index in [0.717, 1.165) is 22.5 Å². The summed E-state index contributed by atoms with van der Waals surface area (Å²) in [5.74, 6) is -1.85. The number of aliphatic hydroxyl groups excluding tert-OH is 2. The molecule has 5 N–H and O–H groups in total. The van der Waals surface area contributed by atoms with Crippen LogP contribution in [0, 0.1) is 12.7 Å². The average molecular weight is 615 g/mol. The van der Waals surface area contributed by atoms with E-state index in [4.69, 9.17) is 5.11 Å². The van der Waals surface area contributed by atoms with Gasteiger partial charge in [0, 0.05) is 28.6 Å². The van der Waals surface area contributed by atoms with Gasteiger partial charge in [-0.3, -0.25) is 14.7 Å². The van der Waals surface area contributed by atoms with Crippen molar-refractivity contribution in [2.75, 3.05) is 0 Å². The van der Waals surface area contributed by atoms with Crippen LogP contribution >= 0.6 is 0 Å². The predicted molar refractivity (Wildman–Crippen MR) is 163 cm³/mol. The van der Waals surface area contributed by atoms with Crippen LogP contribution in [0.5, 0.6) is 0 Å². The Kier molecular flexibility index (Phi) is 12.5. The first-order chi connectivity index (χ1) is 20.5. The molecule has 0 saturated carbocycles. The summed E-state index contributed by atoms with van der Waals surface area (Å²) in [6, 6.07) is 16.9. The van der Waals surface area contributed by atoms with Gasteiger partial charge in [-0.05, 0) is 76.3 Å². The molecule has 4 rings (SSSR count). The fourth-order valence-corrected chi connectivity index (χ4v) is 5.51.